The number of benzene rings is 9. The minimum absolute atomic E-state index is 0.892. The summed E-state index contributed by atoms with van der Waals surface area (Å²) < 4.78 is 8.61. The van der Waals surface area contributed by atoms with Crippen molar-refractivity contribution >= 4 is 82.5 Å². The van der Waals surface area contributed by atoms with Crippen LogP contribution in [0.3, 0.4) is 0 Å². The average Bonchev–Trinajstić information content (AvgIpc) is 3.84. The maximum atomic E-state index is 6.22. The van der Waals surface area contributed by atoms with Gasteiger partial charge in [-0.05, 0) is 106 Å². The normalized spacial score (nSPS) is 11.7. The molecule has 3 heterocycles. The zero-order chi connectivity index (χ0) is 38.9. The van der Waals surface area contributed by atoms with E-state index in [2.05, 4.69) is 198 Å². The quantitative estimate of drug-likeness (QED) is 0.170. The van der Waals surface area contributed by atoms with Crippen LogP contribution in [-0.4, -0.2) is 9.55 Å². The second-order valence-electron chi connectivity index (χ2n) is 15.2. The lowest BCUT2D eigenvalue weighted by molar-refractivity contribution is 0.669. The van der Waals surface area contributed by atoms with Crippen molar-refractivity contribution < 1.29 is 4.42 Å². The van der Waals surface area contributed by atoms with Gasteiger partial charge in [0.2, 0.25) is 0 Å². The molecule has 4 heteroatoms. The Hall–Kier alpha value is -7.95. The fourth-order valence-corrected chi connectivity index (χ4v) is 8.91. The summed E-state index contributed by atoms with van der Waals surface area (Å²) in [6.45, 7) is 0. The van der Waals surface area contributed by atoms with E-state index in [1.807, 2.05) is 24.4 Å². The van der Waals surface area contributed by atoms with Crippen molar-refractivity contribution in [1.82, 2.24) is 9.55 Å². The second kappa shape index (κ2) is 13.3. The van der Waals surface area contributed by atoms with Gasteiger partial charge in [-0.15, -0.1) is 0 Å². The molecule has 0 N–H and O–H groups in total. The van der Waals surface area contributed by atoms with Crippen LogP contribution in [0.1, 0.15) is 0 Å². The number of nitrogens with zero attached hydrogens (tertiary/aromatic N) is 3. The van der Waals surface area contributed by atoms with E-state index in [1.54, 1.807) is 0 Å². The Kier molecular flexibility index (Phi) is 7.50. The Morgan fingerprint density at radius 2 is 1.07 bits per heavy atom. The van der Waals surface area contributed by atoms with Gasteiger partial charge in [-0.1, -0.05) is 127 Å². The van der Waals surface area contributed by atoms with E-state index in [9.17, 15) is 0 Å². The van der Waals surface area contributed by atoms with Gasteiger partial charge >= 0.3 is 0 Å². The summed E-state index contributed by atoms with van der Waals surface area (Å²) in [5, 5.41) is 8.18. The molecular weight excluding hydrogens is 719 g/mol. The fraction of sp³-hybridized carbons (Fsp3) is 0. The van der Waals surface area contributed by atoms with Gasteiger partial charge < -0.3 is 13.9 Å². The smallest absolute Gasteiger partial charge is 0.135 e. The summed E-state index contributed by atoms with van der Waals surface area (Å²) in [6, 6.07) is 73.8. The van der Waals surface area contributed by atoms with Gasteiger partial charge in [-0.3, -0.25) is 4.98 Å². The number of pyridine rings is 1. The predicted octanol–water partition coefficient (Wildman–Crippen LogP) is 15.2. The molecule has 0 aliphatic rings. The molecule has 0 fully saturated rings. The van der Waals surface area contributed by atoms with Gasteiger partial charge in [0.15, 0.2) is 0 Å². The zero-order valence-electron chi connectivity index (χ0n) is 32.0. The molecule has 59 heavy (non-hydrogen) atoms. The molecule has 4 nitrogen and oxygen atoms in total. The first-order valence-electron chi connectivity index (χ1n) is 20.0. The monoisotopic (exact) mass is 753 g/mol. The minimum atomic E-state index is 0.892. The van der Waals surface area contributed by atoms with E-state index in [1.165, 1.54) is 27.1 Å². The lowest BCUT2D eigenvalue weighted by Crippen LogP contribution is -2.10. The number of aromatic nitrogens is 2. The van der Waals surface area contributed by atoms with Crippen molar-refractivity contribution in [2.75, 3.05) is 4.90 Å². The molecule has 12 aromatic rings. The lowest BCUT2D eigenvalue weighted by atomic mass is 10.0. The highest BCUT2D eigenvalue weighted by Crippen LogP contribution is 2.41. The van der Waals surface area contributed by atoms with Crippen LogP contribution < -0.4 is 4.90 Å². The Morgan fingerprint density at radius 3 is 1.98 bits per heavy atom. The Bertz CT molecular complexity index is 3580. The molecule has 0 saturated carbocycles. The molecule has 0 aliphatic heterocycles. The van der Waals surface area contributed by atoms with E-state index >= 15 is 0 Å². The van der Waals surface area contributed by atoms with Gasteiger partial charge in [-0.25, -0.2) is 0 Å². The number of hydrogen-bond acceptors (Lipinski definition) is 3. The van der Waals surface area contributed by atoms with E-state index in [-0.39, 0.29) is 0 Å². The van der Waals surface area contributed by atoms with Gasteiger partial charge in [-0.2, -0.15) is 0 Å². The number of para-hydroxylation sites is 2. The van der Waals surface area contributed by atoms with Crippen LogP contribution in [0.15, 0.2) is 217 Å². The molecule has 12 rings (SSSR count). The summed E-state index contributed by atoms with van der Waals surface area (Å²) in [7, 11) is 0. The first-order valence-corrected chi connectivity index (χ1v) is 20.0. The Labute approximate surface area is 340 Å². The van der Waals surface area contributed by atoms with Crippen LogP contribution in [-0.2, 0) is 0 Å². The maximum absolute atomic E-state index is 6.22. The van der Waals surface area contributed by atoms with Crippen molar-refractivity contribution in [2.45, 2.75) is 0 Å². The van der Waals surface area contributed by atoms with Gasteiger partial charge in [0, 0.05) is 61.4 Å². The molecular formula is C55H35N3O. The highest BCUT2D eigenvalue weighted by molar-refractivity contribution is 6.11. The first-order chi connectivity index (χ1) is 29.2. The summed E-state index contributed by atoms with van der Waals surface area (Å²) in [5.41, 5.74) is 13.9. The highest BCUT2D eigenvalue weighted by Gasteiger charge is 2.18. The van der Waals surface area contributed by atoms with Crippen LogP contribution in [0.5, 0.6) is 0 Å². The van der Waals surface area contributed by atoms with Crippen LogP contribution >= 0.6 is 0 Å². The standard InChI is InChI=1S/C55H35N3O/c1-2-11-36(12-3-1)42-29-41-22-25-46(34-51(41)56-35-42)57(44-24-21-37-13-4-5-14-38(37)30-44)43-16-10-15-39(31-43)40-23-27-48-47-17-6-8-19-52(47)58(53(48)32-40)45-26-28-55-50(33-45)49-18-7-9-20-54(49)59-55/h1-35H. The second-order valence-corrected chi connectivity index (χ2v) is 15.2. The number of rotatable bonds is 6. The van der Waals surface area contributed by atoms with E-state index in [0.717, 1.165) is 83.4 Å². The van der Waals surface area contributed by atoms with Crippen LogP contribution in [0, 0.1) is 0 Å². The summed E-state index contributed by atoms with van der Waals surface area (Å²) in [6.07, 6.45) is 1.98. The fourth-order valence-electron chi connectivity index (χ4n) is 8.91. The van der Waals surface area contributed by atoms with E-state index in [0.29, 0.717) is 0 Å². The summed E-state index contributed by atoms with van der Waals surface area (Å²) >= 11 is 0. The number of furan rings is 1. The Balaban J connectivity index is 1.01. The number of hydrogen-bond donors (Lipinski definition) is 0. The van der Waals surface area contributed by atoms with E-state index < -0.39 is 0 Å². The van der Waals surface area contributed by atoms with Crippen LogP contribution in [0.2, 0.25) is 0 Å². The largest absolute Gasteiger partial charge is 0.456 e. The zero-order valence-corrected chi connectivity index (χ0v) is 32.0. The Morgan fingerprint density at radius 1 is 0.373 bits per heavy atom. The highest BCUT2D eigenvalue weighted by atomic mass is 16.3. The third kappa shape index (κ3) is 5.57. The molecule has 276 valence electrons. The third-order valence-electron chi connectivity index (χ3n) is 11.8. The topological polar surface area (TPSA) is 34.2 Å². The van der Waals surface area contributed by atoms with E-state index in [4.69, 9.17) is 9.40 Å². The van der Waals surface area contributed by atoms with Gasteiger partial charge in [0.1, 0.15) is 11.2 Å². The molecule has 0 spiro atoms. The number of anilines is 3. The molecule has 0 unspecified atom stereocenters. The summed E-state index contributed by atoms with van der Waals surface area (Å²) in [5.74, 6) is 0. The molecule has 0 saturated heterocycles. The average molecular weight is 754 g/mol. The van der Waals surface area contributed by atoms with Crippen molar-refractivity contribution in [3.63, 3.8) is 0 Å². The minimum Gasteiger partial charge on any atom is -0.456 e. The maximum Gasteiger partial charge on any atom is 0.135 e. The lowest BCUT2D eigenvalue weighted by Gasteiger charge is -2.26. The predicted molar refractivity (Wildman–Crippen MR) is 246 cm³/mol. The van der Waals surface area contributed by atoms with Gasteiger partial charge in [0.05, 0.1) is 16.6 Å². The van der Waals surface area contributed by atoms with Crippen LogP contribution in [0.4, 0.5) is 17.1 Å². The van der Waals surface area contributed by atoms with Crippen molar-refractivity contribution in [3.05, 3.63) is 212 Å². The summed E-state index contributed by atoms with van der Waals surface area (Å²) in [4.78, 5) is 7.33. The SMILES string of the molecule is c1ccc(-c2cnc3cc(N(c4cccc(-c5ccc6c7ccccc7n(-c7ccc8oc9ccccc9c8c7)c6c5)c4)c4ccc5ccccc5c4)ccc3c2)cc1. The molecule has 0 amide bonds. The molecule has 0 aliphatic carbocycles. The third-order valence-corrected chi connectivity index (χ3v) is 11.8. The molecule has 3 aromatic heterocycles. The molecule has 0 radical (unpaired) electrons. The van der Waals surface area contributed by atoms with Crippen LogP contribution in [0.25, 0.3) is 93.4 Å². The van der Waals surface area contributed by atoms with Crippen molar-refractivity contribution in [2.24, 2.45) is 0 Å². The molecule has 0 bridgehead atoms. The van der Waals surface area contributed by atoms with Crippen molar-refractivity contribution in [1.29, 1.82) is 0 Å². The molecule has 0 atom stereocenters. The van der Waals surface area contributed by atoms with Crippen molar-refractivity contribution in [3.8, 4) is 27.9 Å². The number of fused-ring (bicyclic) bond motifs is 8. The van der Waals surface area contributed by atoms with Gasteiger partial charge in [0.25, 0.3) is 0 Å². The first kappa shape index (κ1) is 33.2. The molecule has 9 aromatic carbocycles.